The van der Waals surface area contributed by atoms with Gasteiger partial charge in [-0.1, -0.05) is 36.4 Å². The van der Waals surface area contributed by atoms with Gasteiger partial charge in [0.15, 0.2) is 11.5 Å². The van der Waals surface area contributed by atoms with Crippen molar-refractivity contribution in [1.82, 2.24) is 9.99 Å². The number of benzene rings is 3. The molecular formula is C31H31N3O3. The quantitative estimate of drug-likeness (QED) is 0.159. The van der Waals surface area contributed by atoms with Crippen LogP contribution < -0.4 is 14.9 Å². The van der Waals surface area contributed by atoms with Crippen LogP contribution in [0.5, 0.6) is 11.5 Å². The molecule has 0 saturated heterocycles. The van der Waals surface area contributed by atoms with Gasteiger partial charge >= 0.3 is 0 Å². The number of nitrogens with zero attached hydrogens (tertiary/aromatic N) is 2. The molecule has 37 heavy (non-hydrogen) atoms. The molecule has 0 fully saturated rings. The number of ether oxygens (including phenoxy) is 2. The molecule has 1 N–H and O–H groups in total. The third kappa shape index (κ3) is 5.81. The topological polar surface area (TPSA) is 64.9 Å². The Hall–Kier alpha value is -4.58. The fourth-order valence-corrected chi connectivity index (χ4v) is 4.23. The smallest absolute Gasteiger partial charge is 0.271 e. The van der Waals surface area contributed by atoms with Crippen molar-refractivity contribution in [3.63, 3.8) is 0 Å². The van der Waals surface area contributed by atoms with Gasteiger partial charge in [-0.05, 0) is 79.9 Å². The van der Waals surface area contributed by atoms with Gasteiger partial charge in [0.05, 0.1) is 25.6 Å². The van der Waals surface area contributed by atoms with Crippen molar-refractivity contribution in [2.45, 2.75) is 20.3 Å². The van der Waals surface area contributed by atoms with Crippen molar-refractivity contribution in [3.05, 3.63) is 114 Å². The molecule has 0 aliphatic rings. The summed E-state index contributed by atoms with van der Waals surface area (Å²) in [4.78, 5) is 12.7. The summed E-state index contributed by atoms with van der Waals surface area (Å²) in [5.74, 6) is 1.01. The lowest BCUT2D eigenvalue weighted by Gasteiger charge is -2.14. The van der Waals surface area contributed by atoms with E-state index in [1.165, 1.54) is 0 Å². The average Bonchev–Trinajstić information content (AvgIpc) is 3.31. The van der Waals surface area contributed by atoms with Crippen LogP contribution in [0.1, 0.15) is 34.1 Å². The van der Waals surface area contributed by atoms with Gasteiger partial charge in [0.1, 0.15) is 0 Å². The van der Waals surface area contributed by atoms with Crippen LogP contribution in [0.15, 0.2) is 96.6 Å². The zero-order chi connectivity index (χ0) is 26.2. The van der Waals surface area contributed by atoms with Crippen LogP contribution in [-0.4, -0.2) is 30.4 Å². The number of methoxy groups -OCH3 is 1. The maximum absolute atomic E-state index is 12.7. The zero-order valence-corrected chi connectivity index (χ0v) is 21.4. The fourth-order valence-electron chi connectivity index (χ4n) is 4.23. The van der Waals surface area contributed by atoms with E-state index < -0.39 is 0 Å². The molecule has 0 aliphatic heterocycles. The Morgan fingerprint density at radius 3 is 2.49 bits per heavy atom. The number of nitrogens with one attached hydrogen (secondary N) is 1. The summed E-state index contributed by atoms with van der Waals surface area (Å²) in [6.07, 6.45) is 4.02. The van der Waals surface area contributed by atoms with E-state index in [0.717, 1.165) is 33.8 Å². The van der Waals surface area contributed by atoms with Gasteiger partial charge in [-0.15, -0.1) is 6.58 Å². The Balaban J connectivity index is 1.50. The van der Waals surface area contributed by atoms with E-state index in [0.29, 0.717) is 30.1 Å². The van der Waals surface area contributed by atoms with Gasteiger partial charge in [0.25, 0.3) is 5.91 Å². The van der Waals surface area contributed by atoms with Gasteiger partial charge in [-0.25, -0.2) is 5.43 Å². The number of rotatable bonds is 10. The van der Waals surface area contributed by atoms with Gasteiger partial charge < -0.3 is 14.0 Å². The third-order valence-corrected chi connectivity index (χ3v) is 5.94. The number of allylic oxidation sites excluding steroid dienone is 1. The largest absolute Gasteiger partial charge is 0.493 e. The normalized spacial score (nSPS) is 10.9. The molecule has 1 aromatic heterocycles. The minimum Gasteiger partial charge on any atom is -0.493 e. The summed E-state index contributed by atoms with van der Waals surface area (Å²) in [6, 6.07) is 25.7. The molecule has 6 heteroatoms. The number of aryl methyl sites for hydroxylation is 1. The SMILES string of the molecule is C=CCc1cc(/C=N/NC(=O)c2ccc(-n3c(C)ccc3-c3ccccc3)cc2)cc(OC)c1OCC. The average molecular weight is 494 g/mol. The molecule has 0 unspecified atom stereocenters. The van der Waals surface area contributed by atoms with E-state index in [-0.39, 0.29) is 5.91 Å². The number of hydrogen-bond donors (Lipinski definition) is 1. The van der Waals surface area contributed by atoms with Crippen molar-refractivity contribution >= 4 is 12.1 Å². The summed E-state index contributed by atoms with van der Waals surface area (Å²) < 4.78 is 13.4. The molecule has 188 valence electrons. The predicted octanol–water partition coefficient (Wildman–Crippen LogP) is 6.35. The van der Waals surface area contributed by atoms with E-state index in [4.69, 9.17) is 9.47 Å². The fraction of sp³-hybridized carbons (Fsp3) is 0.161. The molecule has 0 radical (unpaired) electrons. The molecule has 4 rings (SSSR count). The highest BCUT2D eigenvalue weighted by Gasteiger charge is 2.13. The van der Waals surface area contributed by atoms with E-state index >= 15 is 0 Å². The molecule has 0 spiro atoms. The molecule has 1 heterocycles. The van der Waals surface area contributed by atoms with Crippen molar-refractivity contribution in [1.29, 1.82) is 0 Å². The maximum atomic E-state index is 12.7. The summed E-state index contributed by atoms with van der Waals surface area (Å²) in [5.41, 5.74) is 9.18. The zero-order valence-electron chi connectivity index (χ0n) is 21.4. The molecule has 0 aliphatic carbocycles. The van der Waals surface area contributed by atoms with Crippen LogP contribution in [-0.2, 0) is 6.42 Å². The Morgan fingerprint density at radius 1 is 1.05 bits per heavy atom. The van der Waals surface area contributed by atoms with Crippen molar-refractivity contribution in [3.8, 4) is 28.4 Å². The molecule has 4 aromatic rings. The molecule has 3 aromatic carbocycles. The number of amides is 1. The standard InChI is InChI=1S/C31H31N3O3/c1-5-10-26-19-23(20-29(36-4)30(26)37-6-2)21-32-33-31(35)25-14-16-27(17-15-25)34-22(3)13-18-28(34)24-11-8-7-9-12-24/h5,7-9,11-21H,1,6,10H2,2-4H3,(H,33,35)/b32-21+. The summed E-state index contributed by atoms with van der Waals surface area (Å²) in [5, 5.41) is 4.16. The number of carbonyl (C=O) groups is 1. The molecule has 0 atom stereocenters. The minimum atomic E-state index is -0.292. The van der Waals surface area contributed by atoms with E-state index in [1.54, 1.807) is 25.5 Å². The Labute approximate surface area is 217 Å². The highest BCUT2D eigenvalue weighted by atomic mass is 16.5. The predicted molar refractivity (Wildman–Crippen MR) is 149 cm³/mol. The molecule has 6 nitrogen and oxygen atoms in total. The van der Waals surface area contributed by atoms with Crippen molar-refractivity contribution < 1.29 is 14.3 Å². The molecule has 1 amide bonds. The molecule has 0 bridgehead atoms. The second-order valence-electron chi connectivity index (χ2n) is 8.44. The highest BCUT2D eigenvalue weighted by molar-refractivity contribution is 5.95. The first-order valence-electron chi connectivity index (χ1n) is 12.2. The van der Waals surface area contributed by atoms with Crippen LogP contribution >= 0.6 is 0 Å². The van der Waals surface area contributed by atoms with Gasteiger partial charge in [-0.3, -0.25) is 4.79 Å². The van der Waals surface area contributed by atoms with Crippen molar-refractivity contribution in [2.24, 2.45) is 5.10 Å². The first-order chi connectivity index (χ1) is 18.0. The summed E-state index contributed by atoms with van der Waals surface area (Å²) >= 11 is 0. The van der Waals surface area contributed by atoms with Crippen molar-refractivity contribution in [2.75, 3.05) is 13.7 Å². The molecule has 0 saturated carbocycles. The second kappa shape index (κ2) is 11.9. The first-order valence-corrected chi connectivity index (χ1v) is 12.2. The maximum Gasteiger partial charge on any atom is 0.271 e. The number of hydrazone groups is 1. The van der Waals surface area contributed by atoms with Gasteiger partial charge in [0, 0.05) is 22.5 Å². The highest BCUT2D eigenvalue weighted by Crippen LogP contribution is 2.33. The molecular weight excluding hydrogens is 462 g/mol. The Bertz CT molecular complexity index is 1400. The number of aromatic nitrogens is 1. The lowest BCUT2D eigenvalue weighted by molar-refractivity contribution is 0.0955. The van der Waals surface area contributed by atoms with Gasteiger partial charge in [0.2, 0.25) is 0 Å². The van der Waals surface area contributed by atoms with E-state index in [1.807, 2.05) is 55.5 Å². The monoisotopic (exact) mass is 493 g/mol. The number of carbonyl (C=O) groups excluding carboxylic acids is 1. The first kappa shape index (κ1) is 25.5. The number of hydrogen-bond acceptors (Lipinski definition) is 4. The summed E-state index contributed by atoms with van der Waals surface area (Å²) in [6.45, 7) is 8.34. The van der Waals surface area contributed by atoms with Crippen LogP contribution in [0.4, 0.5) is 0 Å². The van der Waals surface area contributed by atoms with Gasteiger partial charge in [-0.2, -0.15) is 5.10 Å². The Morgan fingerprint density at radius 2 is 1.81 bits per heavy atom. The van der Waals surface area contributed by atoms with E-state index in [9.17, 15) is 4.79 Å². The van der Waals surface area contributed by atoms with Crippen LogP contribution in [0.3, 0.4) is 0 Å². The lowest BCUT2D eigenvalue weighted by Crippen LogP contribution is -2.17. The van der Waals surface area contributed by atoms with Crippen LogP contribution in [0.2, 0.25) is 0 Å². The summed E-state index contributed by atoms with van der Waals surface area (Å²) in [7, 11) is 1.60. The second-order valence-corrected chi connectivity index (χ2v) is 8.44. The Kier molecular flexibility index (Phi) is 8.21. The van der Waals surface area contributed by atoms with E-state index in [2.05, 4.69) is 52.9 Å². The lowest BCUT2D eigenvalue weighted by atomic mass is 10.1. The third-order valence-electron chi connectivity index (χ3n) is 5.94. The minimum absolute atomic E-state index is 0.292. The van der Waals surface area contributed by atoms with Crippen LogP contribution in [0, 0.1) is 6.92 Å². The van der Waals surface area contributed by atoms with Crippen LogP contribution in [0.25, 0.3) is 16.9 Å².